The molecule has 1 fully saturated rings. The number of carbonyl (C=O) groups is 2. The molecule has 1 aromatic rings. The van der Waals surface area contributed by atoms with Gasteiger partial charge in [0.15, 0.2) is 0 Å². The molecular weight excluding hydrogens is 347 g/mol. The number of halogens is 3. The molecule has 0 saturated carbocycles. The highest BCUT2D eigenvalue weighted by Crippen LogP contribution is 2.36. The highest BCUT2D eigenvalue weighted by Gasteiger charge is 2.42. The SMILES string of the molecule is O=C1C(Cl)=C(N2CCCCC2)C(=O)N1c1ccc(Cl)cc1Cl. The van der Waals surface area contributed by atoms with Gasteiger partial charge in [-0.2, -0.15) is 0 Å². The molecule has 4 nitrogen and oxygen atoms in total. The van der Waals surface area contributed by atoms with Gasteiger partial charge in [0.1, 0.15) is 10.7 Å². The van der Waals surface area contributed by atoms with E-state index in [1.165, 1.54) is 6.07 Å². The van der Waals surface area contributed by atoms with Crippen LogP contribution in [0.4, 0.5) is 5.69 Å². The van der Waals surface area contributed by atoms with E-state index in [0.717, 1.165) is 37.3 Å². The van der Waals surface area contributed by atoms with Crippen molar-refractivity contribution in [3.63, 3.8) is 0 Å². The highest BCUT2D eigenvalue weighted by atomic mass is 35.5. The average Bonchev–Trinajstić information content (AvgIpc) is 2.71. The van der Waals surface area contributed by atoms with Crippen LogP contribution < -0.4 is 4.90 Å². The second kappa shape index (κ2) is 6.11. The second-order valence-corrected chi connectivity index (χ2v) is 6.47. The lowest BCUT2D eigenvalue weighted by Crippen LogP contribution is -2.37. The third-order valence-corrected chi connectivity index (χ3v) is 4.71. The molecule has 0 unspecified atom stereocenters. The monoisotopic (exact) mass is 358 g/mol. The molecule has 0 radical (unpaired) electrons. The zero-order valence-electron chi connectivity index (χ0n) is 11.6. The fourth-order valence-electron chi connectivity index (χ4n) is 2.76. The maximum absolute atomic E-state index is 12.7. The van der Waals surface area contributed by atoms with Crippen LogP contribution in [0.1, 0.15) is 19.3 Å². The van der Waals surface area contributed by atoms with Crippen LogP contribution in [0, 0.1) is 0 Å². The zero-order valence-corrected chi connectivity index (χ0v) is 13.9. The topological polar surface area (TPSA) is 40.6 Å². The van der Waals surface area contributed by atoms with Gasteiger partial charge >= 0.3 is 0 Å². The first-order chi connectivity index (χ1) is 10.5. The lowest BCUT2D eigenvalue weighted by molar-refractivity contribution is -0.121. The fraction of sp³-hybridized carbons (Fsp3) is 0.333. The van der Waals surface area contributed by atoms with Gasteiger partial charge in [-0.1, -0.05) is 34.8 Å². The largest absolute Gasteiger partial charge is 0.366 e. The van der Waals surface area contributed by atoms with E-state index in [9.17, 15) is 9.59 Å². The van der Waals surface area contributed by atoms with Crippen molar-refractivity contribution < 1.29 is 9.59 Å². The van der Waals surface area contributed by atoms with Crippen LogP contribution in [0.2, 0.25) is 10.0 Å². The van der Waals surface area contributed by atoms with Gasteiger partial charge in [0.25, 0.3) is 11.8 Å². The lowest BCUT2D eigenvalue weighted by Gasteiger charge is -2.29. The van der Waals surface area contributed by atoms with E-state index in [-0.39, 0.29) is 15.8 Å². The van der Waals surface area contributed by atoms with Crippen molar-refractivity contribution in [2.45, 2.75) is 19.3 Å². The maximum atomic E-state index is 12.7. The van der Waals surface area contributed by atoms with E-state index < -0.39 is 11.8 Å². The molecule has 2 aliphatic rings. The van der Waals surface area contributed by atoms with Crippen LogP contribution >= 0.6 is 34.8 Å². The Morgan fingerprint density at radius 3 is 2.23 bits per heavy atom. The predicted molar refractivity (Wildman–Crippen MR) is 87.3 cm³/mol. The number of hydrogen-bond donors (Lipinski definition) is 0. The Bertz CT molecular complexity index is 681. The number of likely N-dealkylation sites (tertiary alicyclic amines) is 1. The van der Waals surface area contributed by atoms with Gasteiger partial charge in [-0.3, -0.25) is 9.59 Å². The molecule has 0 aromatic heterocycles. The fourth-order valence-corrected chi connectivity index (χ4v) is 3.54. The highest BCUT2D eigenvalue weighted by molar-refractivity contribution is 6.53. The lowest BCUT2D eigenvalue weighted by atomic mass is 10.1. The maximum Gasteiger partial charge on any atom is 0.283 e. The van der Waals surface area contributed by atoms with Gasteiger partial charge in [-0.05, 0) is 37.5 Å². The van der Waals surface area contributed by atoms with E-state index in [0.29, 0.717) is 10.7 Å². The Labute approximate surface area is 143 Å². The summed E-state index contributed by atoms with van der Waals surface area (Å²) < 4.78 is 0. The summed E-state index contributed by atoms with van der Waals surface area (Å²) in [6.45, 7) is 1.46. The average molecular weight is 360 g/mol. The molecule has 116 valence electrons. The predicted octanol–water partition coefficient (Wildman–Crippen LogP) is 3.80. The molecule has 7 heteroatoms. The molecule has 0 bridgehead atoms. The Kier molecular flexibility index (Phi) is 4.35. The molecule has 2 heterocycles. The van der Waals surface area contributed by atoms with Crippen LogP contribution in [0.25, 0.3) is 0 Å². The summed E-state index contributed by atoms with van der Waals surface area (Å²) in [5.41, 5.74) is 0.573. The van der Waals surface area contributed by atoms with Crippen molar-refractivity contribution in [2.75, 3.05) is 18.0 Å². The first-order valence-electron chi connectivity index (χ1n) is 6.99. The molecule has 2 amide bonds. The van der Waals surface area contributed by atoms with Crippen LogP contribution in [0.15, 0.2) is 28.9 Å². The van der Waals surface area contributed by atoms with Gasteiger partial charge in [-0.15, -0.1) is 0 Å². The molecule has 1 aromatic carbocycles. The van der Waals surface area contributed by atoms with Crippen LogP contribution in [0.5, 0.6) is 0 Å². The van der Waals surface area contributed by atoms with Gasteiger partial charge < -0.3 is 4.90 Å². The molecule has 0 aliphatic carbocycles. The number of carbonyl (C=O) groups excluding carboxylic acids is 2. The Hall–Kier alpha value is -1.23. The standard InChI is InChI=1S/C15H13Cl3N2O2/c16-9-4-5-11(10(17)8-9)20-14(21)12(18)13(15(20)22)19-6-2-1-3-7-19/h4-5,8H,1-3,6-7H2. The number of imide groups is 1. The van der Waals surface area contributed by atoms with Crippen LogP contribution in [-0.2, 0) is 9.59 Å². The molecule has 1 saturated heterocycles. The quantitative estimate of drug-likeness (QED) is 0.754. The Balaban J connectivity index is 1.96. The number of piperidine rings is 1. The summed E-state index contributed by atoms with van der Waals surface area (Å²) in [5, 5.41) is 0.625. The smallest absolute Gasteiger partial charge is 0.283 e. The second-order valence-electron chi connectivity index (χ2n) is 5.25. The number of amides is 2. The normalized spacial score (nSPS) is 19.4. The Morgan fingerprint density at radius 2 is 1.59 bits per heavy atom. The van der Waals surface area contributed by atoms with E-state index in [4.69, 9.17) is 34.8 Å². The molecule has 0 N–H and O–H groups in total. The third-order valence-electron chi connectivity index (χ3n) is 3.83. The van der Waals surface area contributed by atoms with Gasteiger partial charge in [0.05, 0.1) is 10.7 Å². The Morgan fingerprint density at radius 1 is 0.909 bits per heavy atom. The van der Waals surface area contributed by atoms with Crippen molar-refractivity contribution in [1.29, 1.82) is 0 Å². The molecule has 2 aliphatic heterocycles. The van der Waals surface area contributed by atoms with E-state index >= 15 is 0 Å². The summed E-state index contributed by atoms with van der Waals surface area (Å²) in [6.07, 6.45) is 3.09. The number of benzene rings is 1. The number of nitrogens with zero attached hydrogens (tertiary/aromatic N) is 2. The summed E-state index contributed by atoms with van der Waals surface area (Å²) in [5.74, 6) is -0.974. The molecule has 0 spiro atoms. The summed E-state index contributed by atoms with van der Waals surface area (Å²) in [6, 6.07) is 4.62. The van der Waals surface area contributed by atoms with Crippen molar-refractivity contribution in [2.24, 2.45) is 0 Å². The first-order valence-corrected chi connectivity index (χ1v) is 8.12. The summed E-state index contributed by atoms with van der Waals surface area (Å²) in [4.78, 5) is 28.0. The molecular formula is C15H13Cl3N2O2. The minimum atomic E-state index is -0.545. The van der Waals surface area contributed by atoms with E-state index in [2.05, 4.69) is 0 Å². The number of hydrogen-bond acceptors (Lipinski definition) is 3. The van der Waals surface area contributed by atoms with Gasteiger partial charge in [0, 0.05) is 18.1 Å². The van der Waals surface area contributed by atoms with Crippen LogP contribution in [-0.4, -0.2) is 29.8 Å². The van der Waals surface area contributed by atoms with Gasteiger partial charge in [0.2, 0.25) is 0 Å². The third kappa shape index (κ3) is 2.60. The molecule has 0 atom stereocenters. The summed E-state index contributed by atoms with van der Waals surface area (Å²) >= 11 is 18.1. The van der Waals surface area contributed by atoms with Gasteiger partial charge in [-0.25, -0.2) is 4.90 Å². The van der Waals surface area contributed by atoms with Crippen molar-refractivity contribution in [3.8, 4) is 0 Å². The minimum Gasteiger partial charge on any atom is -0.366 e. The molecule has 3 rings (SSSR count). The van der Waals surface area contributed by atoms with Crippen molar-refractivity contribution in [1.82, 2.24) is 4.90 Å². The van der Waals surface area contributed by atoms with E-state index in [1.807, 2.05) is 4.90 Å². The molecule has 22 heavy (non-hydrogen) atoms. The van der Waals surface area contributed by atoms with Crippen molar-refractivity contribution in [3.05, 3.63) is 39.0 Å². The minimum absolute atomic E-state index is 0.0436. The van der Waals surface area contributed by atoms with Crippen molar-refractivity contribution >= 4 is 52.3 Å². The number of anilines is 1. The van der Waals surface area contributed by atoms with E-state index in [1.54, 1.807) is 12.1 Å². The zero-order chi connectivity index (χ0) is 15.9. The number of rotatable bonds is 2. The first kappa shape index (κ1) is 15.7. The van der Waals surface area contributed by atoms with Crippen LogP contribution in [0.3, 0.4) is 0 Å². The summed E-state index contributed by atoms with van der Waals surface area (Å²) in [7, 11) is 0.